The Morgan fingerprint density at radius 1 is 1.23 bits per heavy atom. The molecule has 1 aliphatic heterocycles. The first-order valence-electron chi connectivity index (χ1n) is 9.62. The Balaban J connectivity index is 1.57. The predicted octanol–water partition coefficient (Wildman–Crippen LogP) is 1.56. The summed E-state index contributed by atoms with van der Waals surface area (Å²) in [6, 6.07) is 11.6. The van der Waals surface area contributed by atoms with Gasteiger partial charge in [0.05, 0.1) is 17.9 Å². The van der Waals surface area contributed by atoms with Crippen LogP contribution in [-0.4, -0.2) is 49.5 Å². The first kappa shape index (κ1) is 20.6. The average Bonchev–Trinajstić information content (AvgIpc) is 3.17. The summed E-state index contributed by atoms with van der Waals surface area (Å²) in [6.45, 7) is 1.34. The number of para-hydroxylation sites is 1. The molecule has 9 heteroatoms. The molecule has 2 aliphatic rings. The molecule has 2 aromatic carbocycles. The molecule has 0 aromatic heterocycles. The summed E-state index contributed by atoms with van der Waals surface area (Å²) in [6.07, 6.45) is -1.06. The van der Waals surface area contributed by atoms with Crippen LogP contribution in [0.2, 0.25) is 0 Å². The number of hydrogen-bond acceptors (Lipinski definition) is 6. The van der Waals surface area contributed by atoms with Crippen LogP contribution in [0, 0.1) is 6.92 Å². The lowest BCUT2D eigenvalue weighted by molar-refractivity contribution is -0.139. The van der Waals surface area contributed by atoms with E-state index >= 15 is 0 Å². The largest absolute Gasteiger partial charge is 0.485 e. The molecule has 1 heterocycles. The lowest BCUT2D eigenvalue weighted by Crippen LogP contribution is -2.43. The first-order chi connectivity index (χ1) is 14.2. The van der Waals surface area contributed by atoms with Crippen LogP contribution in [0.5, 0.6) is 11.5 Å². The minimum atomic E-state index is -3.72. The molecule has 0 saturated heterocycles. The van der Waals surface area contributed by atoms with Crippen molar-refractivity contribution >= 4 is 16.0 Å². The molecule has 1 aliphatic carbocycles. The van der Waals surface area contributed by atoms with Crippen LogP contribution in [0.4, 0.5) is 0 Å². The summed E-state index contributed by atoms with van der Waals surface area (Å²) in [4.78, 5) is 10.8. The molecule has 4 rings (SSSR count). The van der Waals surface area contributed by atoms with E-state index < -0.39 is 46.8 Å². The highest BCUT2D eigenvalue weighted by Crippen LogP contribution is 2.51. The second-order valence-electron chi connectivity index (χ2n) is 7.67. The maximum absolute atomic E-state index is 12.8. The molecule has 0 amide bonds. The highest BCUT2D eigenvalue weighted by molar-refractivity contribution is 7.88. The van der Waals surface area contributed by atoms with Gasteiger partial charge in [0.15, 0.2) is 18.1 Å². The standard InChI is InChI=1S/C21H23NO7S/c1-12-5-2-3-6-13(12)11-30(26,27)22-20-15(23)9-17-19(20)14-7-4-8-16(21(14)29-17)28-10-18(24)25/h2-8,15,17,19-20,22-23H,9-11H2,1H3,(H,24,25). The van der Waals surface area contributed by atoms with Crippen LogP contribution >= 0.6 is 0 Å². The van der Waals surface area contributed by atoms with Crippen LogP contribution in [0.3, 0.4) is 0 Å². The predicted molar refractivity (Wildman–Crippen MR) is 108 cm³/mol. The molecule has 2 aromatic rings. The van der Waals surface area contributed by atoms with Gasteiger partial charge in [-0.15, -0.1) is 0 Å². The zero-order chi connectivity index (χ0) is 21.5. The molecule has 0 bridgehead atoms. The monoisotopic (exact) mass is 433 g/mol. The van der Waals surface area contributed by atoms with Crippen LogP contribution in [-0.2, 0) is 20.6 Å². The van der Waals surface area contributed by atoms with E-state index in [0.29, 0.717) is 22.6 Å². The van der Waals surface area contributed by atoms with Gasteiger partial charge < -0.3 is 19.7 Å². The molecule has 0 spiro atoms. The first-order valence-corrected chi connectivity index (χ1v) is 11.3. The molecule has 1 fully saturated rings. The van der Waals surface area contributed by atoms with Crippen LogP contribution < -0.4 is 14.2 Å². The van der Waals surface area contributed by atoms with Gasteiger partial charge in [0, 0.05) is 17.9 Å². The van der Waals surface area contributed by atoms with Crippen molar-refractivity contribution < 1.29 is 32.9 Å². The molecule has 4 unspecified atom stereocenters. The van der Waals surface area contributed by atoms with Crippen LogP contribution in [0.15, 0.2) is 42.5 Å². The van der Waals surface area contributed by atoms with E-state index in [2.05, 4.69) is 4.72 Å². The maximum atomic E-state index is 12.8. The van der Waals surface area contributed by atoms with Crippen LogP contribution in [0.1, 0.15) is 29.0 Å². The van der Waals surface area contributed by atoms with Gasteiger partial charge in [0.1, 0.15) is 6.10 Å². The number of aliphatic hydroxyl groups excluding tert-OH is 1. The maximum Gasteiger partial charge on any atom is 0.341 e. The molecule has 0 radical (unpaired) electrons. The zero-order valence-corrected chi connectivity index (χ0v) is 17.1. The number of aliphatic hydroxyl groups is 1. The molecule has 160 valence electrons. The molecular formula is C21H23NO7S. The van der Waals surface area contributed by atoms with Gasteiger partial charge in [-0.25, -0.2) is 17.9 Å². The third-order valence-corrected chi connectivity index (χ3v) is 6.91. The fourth-order valence-corrected chi connectivity index (χ4v) is 5.76. The normalized spacial score (nSPS) is 24.7. The number of benzene rings is 2. The minimum Gasteiger partial charge on any atom is -0.485 e. The van der Waals surface area contributed by atoms with Gasteiger partial charge in [0.25, 0.3) is 0 Å². The summed E-state index contributed by atoms with van der Waals surface area (Å²) in [5.41, 5.74) is 2.27. The number of nitrogens with one attached hydrogen (secondary N) is 1. The van der Waals surface area contributed by atoms with Gasteiger partial charge in [-0.05, 0) is 24.1 Å². The van der Waals surface area contributed by atoms with E-state index in [1.807, 2.05) is 19.1 Å². The third-order valence-electron chi connectivity index (χ3n) is 5.59. The van der Waals surface area contributed by atoms with Crippen molar-refractivity contribution in [3.05, 3.63) is 59.2 Å². The van der Waals surface area contributed by atoms with Crippen molar-refractivity contribution in [2.24, 2.45) is 0 Å². The summed E-state index contributed by atoms with van der Waals surface area (Å²) in [7, 11) is -3.72. The Bertz CT molecular complexity index is 1070. The van der Waals surface area contributed by atoms with Crippen LogP contribution in [0.25, 0.3) is 0 Å². The summed E-state index contributed by atoms with van der Waals surface area (Å²) in [5.74, 6) is -0.988. The van der Waals surface area contributed by atoms with E-state index in [-0.39, 0.29) is 12.2 Å². The second kappa shape index (κ2) is 7.90. The zero-order valence-electron chi connectivity index (χ0n) is 16.3. The Labute approximate surface area is 174 Å². The number of ether oxygens (including phenoxy) is 2. The van der Waals surface area contributed by atoms with Crippen molar-refractivity contribution in [3.8, 4) is 11.5 Å². The van der Waals surface area contributed by atoms with E-state index in [1.54, 1.807) is 30.3 Å². The number of aryl methyl sites for hydroxylation is 1. The fraction of sp³-hybridized carbons (Fsp3) is 0.381. The topological polar surface area (TPSA) is 122 Å². The number of carboxylic acids is 1. The van der Waals surface area contributed by atoms with E-state index in [4.69, 9.17) is 14.6 Å². The highest BCUT2D eigenvalue weighted by atomic mass is 32.2. The van der Waals surface area contributed by atoms with E-state index in [1.165, 1.54) is 0 Å². The van der Waals surface area contributed by atoms with Gasteiger partial charge in [-0.2, -0.15) is 0 Å². The molecule has 30 heavy (non-hydrogen) atoms. The molecule has 1 saturated carbocycles. The third kappa shape index (κ3) is 4.00. The fourth-order valence-electron chi connectivity index (χ4n) is 4.22. The summed E-state index contributed by atoms with van der Waals surface area (Å²) >= 11 is 0. The van der Waals surface area contributed by atoms with Crippen molar-refractivity contribution in [1.29, 1.82) is 0 Å². The Morgan fingerprint density at radius 3 is 2.73 bits per heavy atom. The van der Waals surface area contributed by atoms with Crippen molar-refractivity contribution in [1.82, 2.24) is 4.72 Å². The van der Waals surface area contributed by atoms with Gasteiger partial charge >= 0.3 is 5.97 Å². The highest BCUT2D eigenvalue weighted by Gasteiger charge is 2.51. The van der Waals surface area contributed by atoms with Crippen molar-refractivity contribution in [2.45, 2.75) is 43.3 Å². The summed E-state index contributed by atoms with van der Waals surface area (Å²) < 4.78 is 39.6. The number of carbonyl (C=O) groups is 1. The van der Waals surface area contributed by atoms with Gasteiger partial charge in [0.2, 0.25) is 10.0 Å². The van der Waals surface area contributed by atoms with Crippen molar-refractivity contribution in [2.75, 3.05) is 6.61 Å². The smallest absolute Gasteiger partial charge is 0.341 e. The number of fused-ring (bicyclic) bond motifs is 3. The quantitative estimate of drug-likeness (QED) is 0.606. The van der Waals surface area contributed by atoms with Crippen molar-refractivity contribution in [3.63, 3.8) is 0 Å². The van der Waals surface area contributed by atoms with Gasteiger partial charge in [-0.3, -0.25) is 0 Å². The Morgan fingerprint density at radius 2 is 2.00 bits per heavy atom. The number of hydrogen-bond donors (Lipinski definition) is 3. The SMILES string of the molecule is Cc1ccccc1CS(=O)(=O)NC1C(O)CC2Oc3c(OCC(=O)O)cccc3C21. The Kier molecular flexibility index (Phi) is 5.44. The number of sulfonamides is 1. The molecule has 4 atom stereocenters. The second-order valence-corrected chi connectivity index (χ2v) is 9.43. The lowest BCUT2D eigenvalue weighted by atomic mass is 9.94. The number of carboxylic acid groups (broad SMARTS) is 1. The molecule has 3 N–H and O–H groups in total. The van der Waals surface area contributed by atoms with Gasteiger partial charge in [-0.1, -0.05) is 36.4 Å². The minimum absolute atomic E-state index is 0.185. The van der Waals surface area contributed by atoms with E-state index in [0.717, 1.165) is 5.56 Å². The average molecular weight is 433 g/mol. The Hall–Kier alpha value is -2.62. The molecular weight excluding hydrogens is 410 g/mol. The van der Waals surface area contributed by atoms with E-state index in [9.17, 15) is 18.3 Å². The number of rotatable bonds is 7. The lowest BCUT2D eigenvalue weighted by Gasteiger charge is -2.22. The molecule has 8 nitrogen and oxygen atoms in total. The number of aliphatic carboxylic acids is 1. The summed E-state index contributed by atoms with van der Waals surface area (Å²) in [5, 5.41) is 19.4.